The van der Waals surface area contributed by atoms with E-state index in [1.807, 2.05) is 18.2 Å². The van der Waals surface area contributed by atoms with Crippen molar-refractivity contribution >= 4 is 0 Å². The van der Waals surface area contributed by atoms with E-state index in [-0.39, 0.29) is 11.6 Å². The number of aliphatic hydroxyl groups excluding tert-OH is 1. The highest BCUT2D eigenvalue weighted by molar-refractivity contribution is 5.02. The molecule has 0 amide bonds. The highest BCUT2D eigenvalue weighted by Gasteiger charge is 2.16. The van der Waals surface area contributed by atoms with Gasteiger partial charge < -0.3 is 15.5 Å². The molecule has 0 radical (unpaired) electrons. The van der Waals surface area contributed by atoms with Crippen molar-refractivity contribution in [2.45, 2.75) is 110 Å². The van der Waals surface area contributed by atoms with Gasteiger partial charge in [-0.15, -0.1) is 0 Å². The number of allylic oxidation sites excluding steroid dienone is 3. The van der Waals surface area contributed by atoms with E-state index < -0.39 is 0 Å². The zero-order valence-corrected chi connectivity index (χ0v) is 18.1. The molecule has 0 heterocycles. The summed E-state index contributed by atoms with van der Waals surface area (Å²) < 4.78 is 0. The Morgan fingerprint density at radius 3 is 2.15 bits per heavy atom. The number of hydrogen-bond acceptors (Lipinski definition) is 2. The van der Waals surface area contributed by atoms with Gasteiger partial charge in [0.2, 0.25) is 0 Å². The third-order valence-electron chi connectivity index (χ3n) is 4.91. The van der Waals surface area contributed by atoms with Crippen molar-refractivity contribution in [2.24, 2.45) is 0 Å². The zero-order chi connectivity index (χ0) is 18.8. The normalized spacial score (nSPS) is 16.5. The van der Waals surface area contributed by atoms with Crippen molar-refractivity contribution in [2.75, 3.05) is 13.6 Å². The van der Waals surface area contributed by atoms with Crippen LogP contribution in [0.25, 0.3) is 0 Å². The summed E-state index contributed by atoms with van der Waals surface area (Å²) in [5.74, 6) is 0. The molecule has 1 fully saturated rings. The fraction of sp³-hybridized carbons (Fsp3) is 0.826. The molecule has 3 nitrogen and oxygen atoms in total. The van der Waals surface area contributed by atoms with Crippen molar-refractivity contribution < 1.29 is 10.6 Å². The summed E-state index contributed by atoms with van der Waals surface area (Å²) >= 11 is 0. The van der Waals surface area contributed by atoms with E-state index in [1.165, 1.54) is 70.8 Å². The molecular weight excluding hydrogens is 322 g/mol. The van der Waals surface area contributed by atoms with Crippen LogP contribution in [0.15, 0.2) is 24.3 Å². The smallest absolute Gasteiger partial charge is 0.0546 e. The Morgan fingerprint density at radius 2 is 1.58 bits per heavy atom. The number of rotatable bonds is 11. The van der Waals surface area contributed by atoms with Gasteiger partial charge in [-0.1, -0.05) is 83.1 Å². The van der Waals surface area contributed by atoms with Gasteiger partial charge in [0.25, 0.3) is 0 Å². The summed E-state index contributed by atoms with van der Waals surface area (Å²) in [6, 6.07) is 0.907. The first-order valence-electron chi connectivity index (χ1n) is 10.8. The molecule has 26 heavy (non-hydrogen) atoms. The van der Waals surface area contributed by atoms with Gasteiger partial charge >= 0.3 is 0 Å². The summed E-state index contributed by atoms with van der Waals surface area (Å²) in [5, 5.41) is 8.83. The lowest BCUT2D eigenvalue weighted by Crippen LogP contribution is -2.34. The van der Waals surface area contributed by atoms with Crippen LogP contribution in [0.3, 0.4) is 0 Å². The van der Waals surface area contributed by atoms with Crippen LogP contribution in [0, 0.1) is 0 Å². The quantitative estimate of drug-likeness (QED) is 0.376. The fourth-order valence-corrected chi connectivity index (χ4v) is 3.24. The van der Waals surface area contributed by atoms with Crippen LogP contribution >= 0.6 is 0 Å². The molecule has 1 aliphatic rings. The minimum Gasteiger partial charge on any atom is -0.412 e. The molecule has 0 spiro atoms. The number of unbranched alkanes of at least 4 members (excludes halogenated alkanes) is 4. The van der Waals surface area contributed by atoms with Crippen LogP contribution in [0.1, 0.15) is 97.8 Å². The lowest BCUT2D eigenvalue weighted by molar-refractivity contribution is 0.188. The van der Waals surface area contributed by atoms with Crippen molar-refractivity contribution in [3.8, 4) is 0 Å². The Balaban J connectivity index is 0. The maximum absolute atomic E-state index is 8.83. The second kappa shape index (κ2) is 20.7. The summed E-state index contributed by atoms with van der Waals surface area (Å²) in [6.45, 7) is 7.50. The Bertz CT molecular complexity index is 320. The third-order valence-corrected chi connectivity index (χ3v) is 4.91. The highest BCUT2D eigenvalue weighted by atomic mass is 16.3. The van der Waals surface area contributed by atoms with Gasteiger partial charge in [0.15, 0.2) is 0 Å². The molecule has 0 saturated heterocycles. The first kappa shape index (κ1) is 27.6. The van der Waals surface area contributed by atoms with E-state index in [0.29, 0.717) is 0 Å². The third kappa shape index (κ3) is 18.2. The monoisotopic (exact) mass is 369 g/mol. The predicted molar refractivity (Wildman–Crippen MR) is 117 cm³/mol. The summed E-state index contributed by atoms with van der Waals surface area (Å²) in [4.78, 5) is 2.62. The van der Waals surface area contributed by atoms with Crippen molar-refractivity contribution in [1.82, 2.24) is 4.90 Å². The summed E-state index contributed by atoms with van der Waals surface area (Å²) in [7, 11) is 2.33. The van der Waals surface area contributed by atoms with Crippen LogP contribution in [-0.4, -0.2) is 41.2 Å². The first-order chi connectivity index (χ1) is 12.1. The molecule has 3 N–H and O–H groups in total. The Morgan fingerprint density at radius 1 is 0.962 bits per heavy atom. The van der Waals surface area contributed by atoms with Crippen LogP contribution < -0.4 is 0 Å². The summed E-state index contributed by atoms with van der Waals surface area (Å²) in [5.41, 5.74) is 0. The summed E-state index contributed by atoms with van der Waals surface area (Å²) in [6.07, 6.45) is 24.0. The Labute approximate surface area is 163 Å². The van der Waals surface area contributed by atoms with Gasteiger partial charge in [-0.3, -0.25) is 0 Å². The van der Waals surface area contributed by atoms with Gasteiger partial charge in [-0.05, 0) is 52.6 Å². The van der Waals surface area contributed by atoms with Crippen molar-refractivity contribution in [1.29, 1.82) is 0 Å². The van der Waals surface area contributed by atoms with Crippen LogP contribution in [-0.2, 0) is 0 Å². The number of aliphatic hydroxyl groups is 1. The van der Waals surface area contributed by atoms with Crippen molar-refractivity contribution in [3.05, 3.63) is 24.3 Å². The highest BCUT2D eigenvalue weighted by Crippen LogP contribution is 2.21. The van der Waals surface area contributed by atoms with Gasteiger partial charge in [-0.2, -0.15) is 0 Å². The van der Waals surface area contributed by atoms with Crippen LogP contribution in [0.2, 0.25) is 0 Å². The molecule has 1 aliphatic carbocycles. The standard InChI is InChI=1S/C14H29N.C9H16O.H2O/c1-3-4-5-6-10-13-15(2)14-11-8-7-9-12-14;1-3-4-5-6-7-8-9(2)10;/h14H,3-13H2,1-2H3;4-7,9-10H,3,8H2,1-2H3;1H2/b;5-4-,7-6-;. The SMILES string of the molecule is CC/C=C\C=C/CC(C)O.CCCCCCCN(C)C1CCCCC1.O. The van der Waals surface area contributed by atoms with Gasteiger partial charge in [-0.25, -0.2) is 0 Å². The Kier molecular flexibility index (Phi) is 21.9. The molecule has 3 heteroatoms. The molecule has 0 aromatic heterocycles. The first-order valence-corrected chi connectivity index (χ1v) is 10.8. The Hall–Kier alpha value is -0.640. The molecule has 0 aromatic carbocycles. The number of nitrogens with zero attached hydrogens (tertiary/aromatic N) is 1. The van der Waals surface area contributed by atoms with Crippen molar-refractivity contribution in [3.63, 3.8) is 0 Å². The minimum atomic E-state index is -0.216. The minimum absolute atomic E-state index is 0. The zero-order valence-electron chi connectivity index (χ0n) is 18.1. The molecule has 1 rings (SSSR count). The maximum atomic E-state index is 8.83. The molecule has 1 unspecified atom stereocenters. The second-order valence-electron chi connectivity index (χ2n) is 7.54. The molecule has 1 saturated carbocycles. The van der Waals surface area contributed by atoms with Gasteiger partial charge in [0.05, 0.1) is 6.10 Å². The van der Waals surface area contributed by atoms with E-state index in [9.17, 15) is 0 Å². The number of hydrogen-bond donors (Lipinski definition) is 1. The second-order valence-corrected chi connectivity index (χ2v) is 7.54. The lowest BCUT2D eigenvalue weighted by Gasteiger charge is -2.31. The van der Waals surface area contributed by atoms with E-state index in [1.54, 1.807) is 6.92 Å². The average molecular weight is 370 g/mol. The largest absolute Gasteiger partial charge is 0.412 e. The molecule has 156 valence electrons. The van der Waals surface area contributed by atoms with Crippen LogP contribution in [0.4, 0.5) is 0 Å². The molecule has 1 atom stereocenters. The molecule has 0 bridgehead atoms. The lowest BCUT2D eigenvalue weighted by atomic mass is 9.94. The topological polar surface area (TPSA) is 55.0 Å². The van der Waals surface area contributed by atoms with E-state index in [4.69, 9.17) is 5.11 Å². The maximum Gasteiger partial charge on any atom is 0.0546 e. The van der Waals surface area contributed by atoms with E-state index in [0.717, 1.165) is 18.9 Å². The van der Waals surface area contributed by atoms with Gasteiger partial charge in [0, 0.05) is 6.04 Å². The molecule has 0 aromatic rings. The van der Waals surface area contributed by atoms with Gasteiger partial charge in [0.1, 0.15) is 0 Å². The van der Waals surface area contributed by atoms with Crippen LogP contribution in [0.5, 0.6) is 0 Å². The predicted octanol–water partition coefficient (Wildman–Crippen LogP) is 5.68. The van der Waals surface area contributed by atoms with E-state index in [2.05, 4.69) is 31.9 Å². The average Bonchev–Trinajstić information content (AvgIpc) is 2.62. The molecule has 0 aliphatic heterocycles. The van der Waals surface area contributed by atoms with E-state index >= 15 is 0 Å². The fourth-order valence-electron chi connectivity index (χ4n) is 3.24. The molecular formula is C23H47NO2.